The number of aryl methyl sites for hydroxylation is 4. The number of halogens is 2. The number of rotatable bonds is 6. The average Bonchev–Trinajstić information content (AvgIpc) is 4.15. The first kappa shape index (κ1) is 55.6. The molecular formula is C64H54F2P2Zr2-2. The van der Waals surface area contributed by atoms with Crippen molar-refractivity contribution in [2.75, 3.05) is 0 Å². The first-order chi connectivity index (χ1) is 32.3. The van der Waals surface area contributed by atoms with Gasteiger partial charge in [0.2, 0.25) is 0 Å². The molecule has 0 aliphatic carbocycles. The Kier molecular flexibility index (Phi) is 21.3. The topological polar surface area (TPSA) is 0 Å². The summed E-state index contributed by atoms with van der Waals surface area (Å²) >= 11 is 0. The second-order valence-corrected chi connectivity index (χ2v) is 19.8. The molecule has 0 heterocycles. The van der Waals surface area contributed by atoms with E-state index < -0.39 is 0 Å². The third kappa shape index (κ3) is 14.0. The van der Waals surface area contributed by atoms with E-state index in [1.807, 2.05) is 0 Å². The molecule has 0 saturated heterocycles. The molecule has 0 aliphatic rings. The largest absolute Gasteiger partial charge is 2.00 e. The van der Waals surface area contributed by atoms with Crippen LogP contribution in [0.15, 0.2) is 243 Å². The van der Waals surface area contributed by atoms with Gasteiger partial charge in [0.15, 0.2) is 0 Å². The third-order valence-corrected chi connectivity index (χ3v) is 14.9. The van der Waals surface area contributed by atoms with E-state index in [2.05, 4.69) is 270 Å². The number of benzene rings is 8. The van der Waals surface area contributed by atoms with E-state index in [-0.39, 0.29) is 61.8 Å². The molecule has 0 amide bonds. The number of hydrogen-bond donors (Lipinski definition) is 0. The summed E-state index contributed by atoms with van der Waals surface area (Å²) in [6, 6.07) is 86.7. The van der Waals surface area contributed by atoms with Crippen LogP contribution in [-0.4, -0.2) is 0 Å². The van der Waals surface area contributed by atoms with Crippen molar-refractivity contribution in [1.29, 1.82) is 0 Å². The molecule has 12 rings (SSSR count). The Labute approximate surface area is 454 Å². The van der Waals surface area contributed by atoms with Gasteiger partial charge in [0.25, 0.3) is 0 Å². The monoisotopic (exact) mass is 1100 g/mol. The van der Waals surface area contributed by atoms with Gasteiger partial charge in [-0.1, -0.05) is 176 Å². The molecule has 0 N–H and O–H groups in total. The Bertz CT molecular complexity index is 3190. The molecule has 0 bridgehead atoms. The summed E-state index contributed by atoms with van der Waals surface area (Å²) in [4.78, 5) is 0. The van der Waals surface area contributed by atoms with E-state index >= 15 is 0 Å². The van der Waals surface area contributed by atoms with E-state index in [0.29, 0.717) is 0 Å². The Morgan fingerprint density at radius 2 is 0.657 bits per heavy atom. The third-order valence-electron chi connectivity index (χ3n) is 12.0. The minimum atomic E-state index is 0. The van der Waals surface area contributed by atoms with Gasteiger partial charge < -0.3 is 9.41 Å². The maximum atomic E-state index is 2.31. The zero-order valence-corrected chi connectivity index (χ0v) is 46.8. The van der Waals surface area contributed by atoms with Crippen LogP contribution in [0.5, 0.6) is 0 Å². The summed E-state index contributed by atoms with van der Waals surface area (Å²) < 4.78 is 0. The molecule has 12 aromatic rings. The Hall–Kier alpha value is -5.31. The maximum Gasteiger partial charge on any atom is 2.00 e. The van der Waals surface area contributed by atoms with E-state index in [4.69, 9.17) is 0 Å². The molecule has 0 radical (unpaired) electrons. The van der Waals surface area contributed by atoms with Gasteiger partial charge in [-0.05, 0) is 46.7 Å². The van der Waals surface area contributed by atoms with Crippen LogP contribution in [0.1, 0.15) is 22.3 Å². The number of fused-ring (bicyclic) bond motifs is 4. The molecule has 2 atom stereocenters. The summed E-state index contributed by atoms with van der Waals surface area (Å²) in [6.45, 7) is 8.67. The van der Waals surface area contributed by atoms with Crippen LogP contribution in [0, 0.1) is 27.7 Å². The van der Waals surface area contributed by atoms with E-state index in [9.17, 15) is 0 Å². The Morgan fingerprint density at radius 3 is 1.04 bits per heavy atom. The van der Waals surface area contributed by atoms with Crippen molar-refractivity contribution in [1.82, 2.24) is 0 Å². The minimum Gasteiger partial charge on any atom is -1.00 e. The van der Waals surface area contributed by atoms with Gasteiger partial charge in [-0.3, -0.25) is 0 Å². The molecule has 0 fully saturated rings. The number of hydrogen-bond acceptors (Lipinski definition) is 0. The van der Waals surface area contributed by atoms with Crippen molar-refractivity contribution in [3.8, 4) is 22.3 Å². The standard InChI is InChI=1S/2C16H14P.2C16H13.2FH.2Zr/c2*1-12-6-2-5-9-16(12)17-15-10-13-7-3-4-8-14(13)11-15;2*1-12-10-14-8-5-9-15(16(14)11-12)13-6-3-2-4-7-13;;;;/h2*2-11,17H,1H3;2*2-11H,1H3;2*1H;;/q4*-1;;;2*+2/p-2. The van der Waals surface area contributed by atoms with Crippen LogP contribution in [0.4, 0.5) is 0 Å². The van der Waals surface area contributed by atoms with E-state index in [1.165, 1.54) is 109 Å². The molecule has 12 aromatic carbocycles. The van der Waals surface area contributed by atoms with Crippen LogP contribution >= 0.6 is 17.2 Å². The van der Waals surface area contributed by atoms with Crippen molar-refractivity contribution in [2.24, 2.45) is 0 Å². The Morgan fingerprint density at radius 1 is 0.314 bits per heavy atom. The van der Waals surface area contributed by atoms with E-state index in [0.717, 1.165) is 17.2 Å². The molecule has 70 heavy (non-hydrogen) atoms. The van der Waals surface area contributed by atoms with Crippen LogP contribution < -0.4 is 30.6 Å². The van der Waals surface area contributed by atoms with Crippen molar-refractivity contribution in [2.45, 2.75) is 27.7 Å². The average molecular weight is 1110 g/mol. The first-order valence-corrected chi connectivity index (χ1v) is 24.7. The second kappa shape index (κ2) is 26.8. The SMILES string of the molecule is Cc1cc2c(-c3ccccc3)cccc2[cH-]1.Cc1cc2c(-c3ccccc3)cccc2[cH-]1.Cc1ccccc1Pc1cc2ccccc2[cH-]1.Cc1ccccc1Pc1cc2ccccc2[cH-]1.[F-].[F-].[Zr+2].[Zr+2]. The fourth-order valence-electron chi connectivity index (χ4n) is 8.69. The van der Waals surface area contributed by atoms with Gasteiger partial charge in [0, 0.05) is 0 Å². The predicted octanol–water partition coefficient (Wildman–Crippen LogP) is 10.1. The molecule has 0 aliphatic heterocycles. The van der Waals surface area contributed by atoms with Gasteiger partial charge in [0.05, 0.1) is 0 Å². The van der Waals surface area contributed by atoms with Gasteiger partial charge in [0.1, 0.15) is 0 Å². The fourth-order valence-corrected chi connectivity index (χ4v) is 11.1. The van der Waals surface area contributed by atoms with Crippen LogP contribution in [0.25, 0.3) is 65.3 Å². The summed E-state index contributed by atoms with van der Waals surface area (Å²) in [5.74, 6) is 0. The molecular weight excluding hydrogens is 1050 g/mol. The van der Waals surface area contributed by atoms with Gasteiger partial charge in [-0.15, -0.1) is 150 Å². The second-order valence-electron chi connectivity index (χ2n) is 17.0. The smallest absolute Gasteiger partial charge is 1.00 e. The van der Waals surface area contributed by atoms with Gasteiger partial charge in [-0.25, -0.2) is 0 Å². The molecule has 0 saturated carbocycles. The zero-order valence-electron chi connectivity index (χ0n) is 39.8. The maximum absolute atomic E-state index is 2.31. The first-order valence-electron chi connectivity index (χ1n) is 22.7. The summed E-state index contributed by atoms with van der Waals surface area (Å²) in [5, 5.41) is 16.5. The molecule has 2 unspecified atom stereocenters. The molecule has 0 nitrogen and oxygen atoms in total. The summed E-state index contributed by atoms with van der Waals surface area (Å²) in [7, 11) is 1.52. The quantitative estimate of drug-likeness (QED) is 0.115. The zero-order chi connectivity index (χ0) is 45.2. The summed E-state index contributed by atoms with van der Waals surface area (Å²) in [5.41, 5.74) is 10.7. The van der Waals surface area contributed by atoms with Gasteiger partial charge in [-0.2, -0.15) is 24.3 Å². The van der Waals surface area contributed by atoms with Crippen molar-refractivity contribution in [3.63, 3.8) is 0 Å². The van der Waals surface area contributed by atoms with Crippen molar-refractivity contribution in [3.05, 3.63) is 265 Å². The van der Waals surface area contributed by atoms with Crippen LogP contribution in [-0.2, 0) is 52.4 Å². The molecule has 0 spiro atoms. The minimum absolute atomic E-state index is 0. The van der Waals surface area contributed by atoms with Crippen molar-refractivity contribution >= 4 is 81.5 Å². The van der Waals surface area contributed by atoms with Gasteiger partial charge >= 0.3 is 52.4 Å². The molecule has 344 valence electrons. The Balaban J connectivity index is 0.000000171. The fraction of sp³-hybridized carbons (Fsp3) is 0.0625. The van der Waals surface area contributed by atoms with Crippen LogP contribution in [0.3, 0.4) is 0 Å². The predicted molar refractivity (Wildman–Crippen MR) is 296 cm³/mol. The summed E-state index contributed by atoms with van der Waals surface area (Å²) in [6.07, 6.45) is 0. The normalized spacial score (nSPS) is 10.6. The van der Waals surface area contributed by atoms with Crippen LogP contribution in [0.2, 0.25) is 0 Å². The molecule has 6 heteroatoms. The molecule has 0 aromatic heterocycles. The van der Waals surface area contributed by atoms with E-state index in [1.54, 1.807) is 0 Å². The van der Waals surface area contributed by atoms with Crippen molar-refractivity contribution < 1.29 is 61.8 Å².